The van der Waals surface area contributed by atoms with E-state index in [9.17, 15) is 9.59 Å². The zero-order valence-electron chi connectivity index (χ0n) is 5.66. The maximum absolute atomic E-state index is 10.5. The van der Waals surface area contributed by atoms with Gasteiger partial charge in [0.2, 0.25) is 0 Å². The Morgan fingerprint density at radius 3 is 2.90 bits per heavy atom. The summed E-state index contributed by atoms with van der Waals surface area (Å²) in [6, 6.07) is -0.744. The number of carbonyl (C=O) groups excluding carboxylic acids is 2. The van der Waals surface area contributed by atoms with Crippen LogP contribution in [0.1, 0.15) is 6.42 Å². The molecule has 0 spiro atoms. The molecule has 0 aromatic rings. The van der Waals surface area contributed by atoms with E-state index in [4.69, 9.17) is 5.73 Å². The van der Waals surface area contributed by atoms with E-state index in [1.165, 1.54) is 13.1 Å². The van der Waals surface area contributed by atoms with Crippen LogP contribution in [0.4, 0.5) is 0 Å². The highest BCUT2D eigenvalue weighted by molar-refractivity contribution is 5.75. The first-order chi connectivity index (χ1) is 4.72. The first kappa shape index (κ1) is 8.88. The maximum atomic E-state index is 10.5. The second-order valence-corrected chi connectivity index (χ2v) is 1.69. The predicted octanol–water partition coefficient (Wildman–Crippen LogP) is -0.735. The predicted molar refractivity (Wildman–Crippen MR) is 34.9 cm³/mol. The monoisotopic (exact) mass is 143 g/mol. The molecule has 0 aliphatic rings. The average Bonchev–Trinajstić information content (AvgIpc) is 1.98. The Morgan fingerprint density at radius 1 is 1.90 bits per heavy atom. The first-order valence-corrected chi connectivity index (χ1v) is 2.75. The van der Waals surface area contributed by atoms with Gasteiger partial charge in [-0.1, -0.05) is 0 Å². The number of esters is 1. The Balaban J connectivity index is 3.72. The Bertz CT molecular complexity index is 160. The molecule has 0 amide bonds. The molecule has 0 aromatic carbocycles. The van der Waals surface area contributed by atoms with Crippen LogP contribution in [0.25, 0.3) is 0 Å². The van der Waals surface area contributed by atoms with Crippen LogP contribution in [0.3, 0.4) is 0 Å². The second kappa shape index (κ2) is 4.73. The number of hydrogen-bond donors (Lipinski definition) is 1. The quantitative estimate of drug-likeness (QED) is 0.417. The summed E-state index contributed by atoms with van der Waals surface area (Å²) in [6.45, 7) is 0. The summed E-state index contributed by atoms with van der Waals surface area (Å²) < 4.78 is 4.30. The lowest BCUT2D eigenvalue weighted by atomic mass is 10.2. The zero-order chi connectivity index (χ0) is 7.98. The molecule has 4 heteroatoms. The molecule has 0 aromatic heterocycles. The summed E-state index contributed by atoms with van der Waals surface area (Å²) in [7, 11) is 1.24. The van der Waals surface area contributed by atoms with Gasteiger partial charge in [0.05, 0.1) is 7.11 Å². The van der Waals surface area contributed by atoms with Crippen molar-refractivity contribution in [1.82, 2.24) is 0 Å². The molecule has 56 valence electrons. The van der Waals surface area contributed by atoms with E-state index in [0.29, 0.717) is 0 Å². The topological polar surface area (TPSA) is 69.4 Å². The van der Waals surface area contributed by atoms with E-state index in [2.05, 4.69) is 4.74 Å². The van der Waals surface area contributed by atoms with Gasteiger partial charge in [-0.2, -0.15) is 0 Å². The van der Waals surface area contributed by atoms with Crippen molar-refractivity contribution in [2.45, 2.75) is 12.5 Å². The molecule has 0 aliphatic heterocycles. The molecule has 0 saturated heterocycles. The van der Waals surface area contributed by atoms with Gasteiger partial charge in [-0.05, 0) is 0 Å². The van der Waals surface area contributed by atoms with E-state index in [1.54, 1.807) is 0 Å². The highest BCUT2D eigenvalue weighted by Crippen LogP contribution is 1.89. The van der Waals surface area contributed by atoms with Crippen LogP contribution in [-0.4, -0.2) is 25.1 Å². The molecule has 0 aliphatic carbocycles. The van der Waals surface area contributed by atoms with Gasteiger partial charge in [0.15, 0.2) is 0 Å². The van der Waals surface area contributed by atoms with Crippen LogP contribution in [0, 0.1) is 0 Å². The molecule has 1 atom stereocenters. The molecule has 0 bridgehead atoms. The van der Waals surface area contributed by atoms with Gasteiger partial charge in [0, 0.05) is 12.5 Å². The third-order valence-corrected chi connectivity index (χ3v) is 0.959. The van der Waals surface area contributed by atoms with Gasteiger partial charge in [0.25, 0.3) is 0 Å². The van der Waals surface area contributed by atoms with Gasteiger partial charge in [-0.15, -0.1) is 0 Å². The SMILES string of the molecule is COC(=O)C(N)CC=C=O. The minimum absolute atomic E-state index is 0.177. The highest BCUT2D eigenvalue weighted by atomic mass is 16.5. The van der Waals surface area contributed by atoms with Crippen molar-refractivity contribution < 1.29 is 14.3 Å². The first-order valence-electron chi connectivity index (χ1n) is 2.75. The Morgan fingerprint density at radius 2 is 2.50 bits per heavy atom. The molecule has 0 saturated carbocycles. The van der Waals surface area contributed by atoms with Gasteiger partial charge in [0.1, 0.15) is 12.0 Å². The van der Waals surface area contributed by atoms with Crippen LogP contribution in [0.5, 0.6) is 0 Å². The lowest BCUT2D eigenvalue weighted by molar-refractivity contribution is -0.142. The summed E-state index contributed by atoms with van der Waals surface area (Å²) in [6.07, 6.45) is 1.33. The largest absolute Gasteiger partial charge is 0.468 e. The van der Waals surface area contributed by atoms with Crippen molar-refractivity contribution in [2.75, 3.05) is 7.11 Å². The molecule has 0 heterocycles. The van der Waals surface area contributed by atoms with Crippen molar-refractivity contribution >= 4 is 11.9 Å². The summed E-state index contributed by atoms with van der Waals surface area (Å²) >= 11 is 0. The lowest BCUT2D eigenvalue weighted by Gasteiger charge is -2.03. The molecule has 0 rings (SSSR count). The van der Waals surface area contributed by atoms with Gasteiger partial charge < -0.3 is 10.5 Å². The van der Waals surface area contributed by atoms with Gasteiger partial charge in [-0.25, -0.2) is 4.79 Å². The minimum atomic E-state index is -0.744. The molecule has 10 heavy (non-hydrogen) atoms. The number of ether oxygens (including phenoxy) is 1. The number of carbonyl (C=O) groups is 1. The molecule has 0 fully saturated rings. The van der Waals surface area contributed by atoms with Crippen LogP contribution in [0.2, 0.25) is 0 Å². The van der Waals surface area contributed by atoms with Gasteiger partial charge >= 0.3 is 5.97 Å². The Kier molecular flexibility index (Phi) is 4.20. The highest BCUT2D eigenvalue weighted by Gasteiger charge is 2.10. The van der Waals surface area contributed by atoms with E-state index < -0.39 is 12.0 Å². The number of methoxy groups -OCH3 is 1. The van der Waals surface area contributed by atoms with Crippen molar-refractivity contribution in [1.29, 1.82) is 0 Å². The third-order valence-electron chi connectivity index (χ3n) is 0.959. The number of hydrogen-bond acceptors (Lipinski definition) is 4. The van der Waals surface area contributed by atoms with Crippen molar-refractivity contribution in [3.63, 3.8) is 0 Å². The average molecular weight is 143 g/mol. The van der Waals surface area contributed by atoms with E-state index in [0.717, 1.165) is 6.08 Å². The molecule has 0 radical (unpaired) electrons. The molecule has 4 nitrogen and oxygen atoms in total. The minimum Gasteiger partial charge on any atom is -0.468 e. The normalized spacial score (nSPS) is 11.4. The maximum Gasteiger partial charge on any atom is 0.322 e. The van der Waals surface area contributed by atoms with Crippen LogP contribution in [-0.2, 0) is 14.3 Å². The summed E-state index contributed by atoms with van der Waals surface area (Å²) in [5.74, 6) is 0.993. The lowest BCUT2D eigenvalue weighted by Crippen LogP contribution is -2.30. The van der Waals surface area contributed by atoms with Crippen LogP contribution < -0.4 is 5.73 Å². The number of rotatable bonds is 3. The molecular formula is C6H9NO3. The molecule has 1 unspecified atom stereocenters. The summed E-state index contributed by atoms with van der Waals surface area (Å²) in [5, 5.41) is 0. The van der Waals surface area contributed by atoms with Crippen molar-refractivity contribution in [3.8, 4) is 0 Å². The van der Waals surface area contributed by atoms with Gasteiger partial charge in [-0.3, -0.25) is 4.79 Å². The van der Waals surface area contributed by atoms with Crippen LogP contribution in [0.15, 0.2) is 6.08 Å². The summed E-state index contributed by atoms with van der Waals surface area (Å²) in [5.41, 5.74) is 5.23. The summed E-state index contributed by atoms with van der Waals surface area (Å²) in [4.78, 5) is 20.2. The van der Waals surface area contributed by atoms with Crippen molar-refractivity contribution in [2.24, 2.45) is 5.73 Å². The fourth-order valence-electron chi connectivity index (χ4n) is 0.423. The Hall–Kier alpha value is -1.12. The Labute approximate surface area is 58.7 Å². The standard InChI is InChI=1S/C6H9NO3/c1-10-6(9)5(7)3-2-4-8/h2,5H,3,7H2,1H3. The third kappa shape index (κ3) is 3.02. The number of nitrogens with two attached hydrogens (primary N) is 1. The zero-order valence-corrected chi connectivity index (χ0v) is 5.66. The van der Waals surface area contributed by atoms with Crippen LogP contribution >= 0.6 is 0 Å². The van der Waals surface area contributed by atoms with Crippen molar-refractivity contribution in [3.05, 3.63) is 6.08 Å². The second-order valence-electron chi connectivity index (χ2n) is 1.69. The van der Waals surface area contributed by atoms with E-state index >= 15 is 0 Å². The van der Waals surface area contributed by atoms with E-state index in [1.807, 2.05) is 0 Å². The smallest absolute Gasteiger partial charge is 0.322 e. The molecule has 2 N–H and O–H groups in total. The molecular weight excluding hydrogens is 134 g/mol. The fourth-order valence-corrected chi connectivity index (χ4v) is 0.423. The van der Waals surface area contributed by atoms with E-state index in [-0.39, 0.29) is 6.42 Å². The fraction of sp³-hybridized carbons (Fsp3) is 0.500.